The van der Waals surface area contributed by atoms with Crippen LogP contribution in [0.5, 0.6) is 0 Å². The fourth-order valence-corrected chi connectivity index (χ4v) is 1.50. The molecule has 2 heterocycles. The van der Waals surface area contributed by atoms with Gasteiger partial charge in [0.05, 0.1) is 24.5 Å². The molecule has 76 valence electrons. The number of anilines is 2. The summed E-state index contributed by atoms with van der Waals surface area (Å²) in [7, 11) is 0. The SMILES string of the molecule is Cc1cc(NC2CCOC2)ncc1N. The number of nitrogens with two attached hydrogens (primary N) is 1. The zero-order valence-electron chi connectivity index (χ0n) is 8.29. The van der Waals surface area contributed by atoms with Crippen LogP contribution in [-0.2, 0) is 4.74 Å². The van der Waals surface area contributed by atoms with Crippen LogP contribution in [0.1, 0.15) is 12.0 Å². The summed E-state index contributed by atoms with van der Waals surface area (Å²) in [6.07, 6.45) is 2.73. The molecule has 0 aliphatic carbocycles. The highest BCUT2D eigenvalue weighted by atomic mass is 16.5. The van der Waals surface area contributed by atoms with E-state index < -0.39 is 0 Å². The summed E-state index contributed by atoms with van der Waals surface area (Å²) in [4.78, 5) is 4.21. The standard InChI is InChI=1S/C10H15N3O/c1-7-4-10(12-5-9(7)11)13-8-2-3-14-6-8/h4-5,8H,2-3,6,11H2,1H3,(H,12,13). The smallest absolute Gasteiger partial charge is 0.126 e. The van der Waals surface area contributed by atoms with Crippen LogP contribution in [0.15, 0.2) is 12.3 Å². The molecule has 1 aliphatic rings. The number of hydrogen-bond acceptors (Lipinski definition) is 4. The van der Waals surface area contributed by atoms with Crippen molar-refractivity contribution in [1.29, 1.82) is 0 Å². The van der Waals surface area contributed by atoms with Crippen LogP contribution in [0, 0.1) is 6.92 Å². The van der Waals surface area contributed by atoms with E-state index in [2.05, 4.69) is 10.3 Å². The molecular weight excluding hydrogens is 178 g/mol. The van der Waals surface area contributed by atoms with E-state index in [0.717, 1.165) is 36.7 Å². The first-order chi connectivity index (χ1) is 6.75. The van der Waals surface area contributed by atoms with E-state index in [1.165, 1.54) is 0 Å². The predicted octanol–water partition coefficient (Wildman–Crippen LogP) is 1.17. The lowest BCUT2D eigenvalue weighted by atomic mass is 10.2. The highest BCUT2D eigenvalue weighted by Crippen LogP contribution is 2.16. The number of pyridine rings is 1. The van der Waals surface area contributed by atoms with Gasteiger partial charge in [-0.2, -0.15) is 0 Å². The Morgan fingerprint density at radius 2 is 2.50 bits per heavy atom. The summed E-state index contributed by atoms with van der Waals surface area (Å²) in [5.74, 6) is 0.882. The highest BCUT2D eigenvalue weighted by molar-refractivity contribution is 5.51. The Morgan fingerprint density at radius 1 is 1.64 bits per heavy atom. The molecule has 1 aromatic heterocycles. The van der Waals surface area contributed by atoms with Gasteiger partial charge >= 0.3 is 0 Å². The molecule has 1 atom stereocenters. The van der Waals surface area contributed by atoms with Crippen LogP contribution in [0.2, 0.25) is 0 Å². The fraction of sp³-hybridized carbons (Fsp3) is 0.500. The average Bonchev–Trinajstić information content (AvgIpc) is 2.64. The van der Waals surface area contributed by atoms with Crippen molar-refractivity contribution in [2.24, 2.45) is 0 Å². The molecule has 0 saturated carbocycles. The van der Waals surface area contributed by atoms with E-state index >= 15 is 0 Å². The van der Waals surface area contributed by atoms with Gasteiger partial charge in [0, 0.05) is 6.61 Å². The number of hydrogen-bond donors (Lipinski definition) is 2. The number of nitrogen functional groups attached to an aromatic ring is 1. The predicted molar refractivity (Wildman–Crippen MR) is 56.2 cm³/mol. The maximum absolute atomic E-state index is 5.68. The van der Waals surface area contributed by atoms with Crippen LogP contribution in [0.4, 0.5) is 11.5 Å². The molecule has 0 bridgehead atoms. The van der Waals surface area contributed by atoms with Crippen LogP contribution in [-0.4, -0.2) is 24.2 Å². The van der Waals surface area contributed by atoms with Gasteiger partial charge in [-0.15, -0.1) is 0 Å². The van der Waals surface area contributed by atoms with Crippen molar-refractivity contribution >= 4 is 11.5 Å². The number of nitrogens with one attached hydrogen (secondary N) is 1. The largest absolute Gasteiger partial charge is 0.397 e. The lowest BCUT2D eigenvalue weighted by molar-refractivity contribution is 0.195. The van der Waals surface area contributed by atoms with E-state index in [1.807, 2.05) is 13.0 Å². The van der Waals surface area contributed by atoms with Gasteiger partial charge in [-0.25, -0.2) is 4.98 Å². The molecule has 1 aromatic rings. The average molecular weight is 193 g/mol. The van der Waals surface area contributed by atoms with Crippen molar-refractivity contribution in [3.8, 4) is 0 Å². The number of ether oxygens (including phenoxy) is 1. The molecule has 3 N–H and O–H groups in total. The van der Waals surface area contributed by atoms with Gasteiger partial charge in [0.25, 0.3) is 0 Å². The lowest BCUT2D eigenvalue weighted by Crippen LogP contribution is -2.19. The van der Waals surface area contributed by atoms with Gasteiger partial charge in [-0.05, 0) is 25.0 Å². The molecule has 0 amide bonds. The van der Waals surface area contributed by atoms with Crippen LogP contribution >= 0.6 is 0 Å². The topological polar surface area (TPSA) is 60.2 Å². The van der Waals surface area contributed by atoms with E-state index in [-0.39, 0.29) is 0 Å². The van der Waals surface area contributed by atoms with E-state index in [0.29, 0.717) is 6.04 Å². The van der Waals surface area contributed by atoms with Gasteiger partial charge < -0.3 is 15.8 Å². The minimum atomic E-state index is 0.394. The van der Waals surface area contributed by atoms with Gasteiger partial charge in [-0.1, -0.05) is 0 Å². The van der Waals surface area contributed by atoms with Gasteiger partial charge in [-0.3, -0.25) is 0 Å². The molecule has 14 heavy (non-hydrogen) atoms. The lowest BCUT2D eigenvalue weighted by Gasteiger charge is -2.12. The third kappa shape index (κ3) is 1.96. The normalized spacial score (nSPS) is 21.1. The Labute approximate surface area is 83.5 Å². The summed E-state index contributed by atoms with van der Waals surface area (Å²) < 4.78 is 5.27. The zero-order valence-corrected chi connectivity index (χ0v) is 8.29. The maximum atomic E-state index is 5.68. The molecule has 4 heteroatoms. The van der Waals surface area contributed by atoms with Crippen molar-refractivity contribution < 1.29 is 4.74 Å². The monoisotopic (exact) mass is 193 g/mol. The van der Waals surface area contributed by atoms with Crippen molar-refractivity contribution in [2.75, 3.05) is 24.3 Å². The Morgan fingerprint density at radius 3 is 3.14 bits per heavy atom. The zero-order chi connectivity index (χ0) is 9.97. The number of rotatable bonds is 2. The highest BCUT2D eigenvalue weighted by Gasteiger charge is 2.15. The van der Waals surface area contributed by atoms with Crippen molar-refractivity contribution in [2.45, 2.75) is 19.4 Å². The molecule has 0 aromatic carbocycles. The molecular formula is C10H15N3O. The van der Waals surface area contributed by atoms with Crippen LogP contribution in [0.3, 0.4) is 0 Å². The second-order valence-electron chi connectivity index (χ2n) is 3.63. The Kier molecular flexibility index (Phi) is 2.54. The molecule has 0 spiro atoms. The number of nitrogens with zero attached hydrogens (tertiary/aromatic N) is 1. The molecule has 2 rings (SSSR count). The fourth-order valence-electron chi connectivity index (χ4n) is 1.50. The summed E-state index contributed by atoms with van der Waals surface area (Å²) in [5.41, 5.74) is 7.47. The van der Waals surface area contributed by atoms with E-state index in [9.17, 15) is 0 Å². The molecule has 4 nitrogen and oxygen atoms in total. The Bertz CT molecular complexity index is 321. The molecule has 1 fully saturated rings. The van der Waals surface area contributed by atoms with Crippen LogP contribution < -0.4 is 11.1 Å². The van der Waals surface area contributed by atoms with E-state index in [4.69, 9.17) is 10.5 Å². The Balaban J connectivity index is 2.05. The van der Waals surface area contributed by atoms with Crippen LogP contribution in [0.25, 0.3) is 0 Å². The third-order valence-corrected chi connectivity index (χ3v) is 2.43. The minimum Gasteiger partial charge on any atom is -0.397 e. The van der Waals surface area contributed by atoms with Crippen molar-refractivity contribution in [3.05, 3.63) is 17.8 Å². The molecule has 0 radical (unpaired) electrons. The van der Waals surface area contributed by atoms with Gasteiger partial charge in [0.2, 0.25) is 0 Å². The summed E-state index contributed by atoms with van der Waals surface area (Å²) in [5, 5.41) is 3.32. The third-order valence-electron chi connectivity index (χ3n) is 2.43. The van der Waals surface area contributed by atoms with Gasteiger partial charge in [0.1, 0.15) is 5.82 Å². The van der Waals surface area contributed by atoms with Crippen molar-refractivity contribution in [1.82, 2.24) is 4.98 Å². The first-order valence-electron chi connectivity index (χ1n) is 4.82. The van der Waals surface area contributed by atoms with Crippen molar-refractivity contribution in [3.63, 3.8) is 0 Å². The first-order valence-corrected chi connectivity index (χ1v) is 4.82. The second kappa shape index (κ2) is 3.84. The summed E-state index contributed by atoms with van der Waals surface area (Å²) in [6.45, 7) is 3.59. The maximum Gasteiger partial charge on any atom is 0.126 e. The Hall–Kier alpha value is -1.29. The molecule has 1 saturated heterocycles. The van der Waals surface area contributed by atoms with E-state index in [1.54, 1.807) is 6.20 Å². The molecule has 1 aliphatic heterocycles. The minimum absolute atomic E-state index is 0.394. The molecule has 1 unspecified atom stereocenters. The summed E-state index contributed by atoms with van der Waals surface area (Å²) in [6, 6.07) is 2.36. The number of aromatic nitrogens is 1. The van der Waals surface area contributed by atoms with Gasteiger partial charge in [0.15, 0.2) is 0 Å². The second-order valence-corrected chi connectivity index (χ2v) is 3.63. The number of aryl methyl sites for hydroxylation is 1. The quantitative estimate of drug-likeness (QED) is 0.740. The summed E-state index contributed by atoms with van der Waals surface area (Å²) >= 11 is 0. The first kappa shape index (κ1) is 9.27.